The zero-order valence-corrected chi connectivity index (χ0v) is 22.8. The molecule has 38 heavy (non-hydrogen) atoms. The molecule has 2 amide bonds. The van der Waals surface area contributed by atoms with Crippen molar-refractivity contribution < 1.29 is 28.5 Å². The molecule has 0 spiro atoms. The number of hydrogen-bond donors (Lipinski definition) is 1. The lowest BCUT2D eigenvalue weighted by Gasteiger charge is -2.27. The van der Waals surface area contributed by atoms with Crippen LogP contribution in [0.2, 0.25) is 0 Å². The van der Waals surface area contributed by atoms with Crippen molar-refractivity contribution in [1.82, 2.24) is 5.32 Å². The first kappa shape index (κ1) is 26.9. The van der Waals surface area contributed by atoms with Crippen molar-refractivity contribution in [2.45, 2.75) is 11.3 Å². The van der Waals surface area contributed by atoms with E-state index in [2.05, 4.69) is 5.32 Å². The third-order valence-electron chi connectivity index (χ3n) is 6.17. The van der Waals surface area contributed by atoms with Crippen LogP contribution in [0.5, 0.6) is 23.0 Å². The molecule has 0 fully saturated rings. The number of rotatable bonds is 9. The number of amides is 2. The summed E-state index contributed by atoms with van der Waals surface area (Å²) in [6, 6.07) is 16.6. The maximum atomic E-state index is 13.1. The smallest absolute Gasteiger partial charge is 0.264 e. The van der Waals surface area contributed by atoms with Gasteiger partial charge < -0.3 is 29.2 Å². The fraction of sp³-hybridized carbons (Fsp3) is 0.241. The molecule has 3 aromatic carbocycles. The van der Waals surface area contributed by atoms with E-state index in [0.717, 1.165) is 16.0 Å². The fourth-order valence-electron chi connectivity index (χ4n) is 4.09. The molecule has 0 radical (unpaired) electrons. The summed E-state index contributed by atoms with van der Waals surface area (Å²) in [4.78, 5) is 29.0. The molecule has 0 aromatic heterocycles. The molecule has 0 saturated heterocycles. The molecule has 0 unspecified atom stereocenters. The third kappa shape index (κ3) is 5.73. The predicted octanol–water partition coefficient (Wildman–Crippen LogP) is 4.80. The van der Waals surface area contributed by atoms with Gasteiger partial charge in [0.2, 0.25) is 0 Å². The number of carbonyl (C=O) groups excluding carboxylic acids is 2. The Morgan fingerprint density at radius 2 is 1.53 bits per heavy atom. The van der Waals surface area contributed by atoms with Crippen LogP contribution in [0.4, 0.5) is 5.69 Å². The fourth-order valence-corrected chi connectivity index (χ4v) is 5.18. The molecule has 4 rings (SSSR count). The van der Waals surface area contributed by atoms with Gasteiger partial charge in [-0.2, -0.15) is 0 Å². The molecule has 1 aliphatic rings. The lowest BCUT2D eigenvalue weighted by molar-refractivity contribution is -0.114. The van der Waals surface area contributed by atoms with Gasteiger partial charge in [-0.25, -0.2) is 0 Å². The molecular formula is C29H30N2O6S. The van der Waals surface area contributed by atoms with Gasteiger partial charge in [0.05, 0.1) is 39.0 Å². The van der Waals surface area contributed by atoms with Crippen molar-refractivity contribution in [3.8, 4) is 23.0 Å². The highest BCUT2D eigenvalue weighted by molar-refractivity contribution is 8.04. The number of nitrogens with zero attached hydrogens (tertiary/aromatic N) is 1. The van der Waals surface area contributed by atoms with Crippen LogP contribution in [0.3, 0.4) is 0 Å². The lowest BCUT2D eigenvalue weighted by atomic mass is 10.1. The van der Waals surface area contributed by atoms with Gasteiger partial charge in [-0.3, -0.25) is 9.59 Å². The molecule has 0 saturated carbocycles. The minimum absolute atomic E-state index is 0.150. The maximum absolute atomic E-state index is 13.1. The summed E-state index contributed by atoms with van der Waals surface area (Å²) in [5, 5.41) is 2.95. The quantitative estimate of drug-likeness (QED) is 0.395. The Morgan fingerprint density at radius 1 is 0.868 bits per heavy atom. The van der Waals surface area contributed by atoms with Crippen LogP contribution < -0.4 is 29.2 Å². The third-order valence-corrected chi connectivity index (χ3v) is 7.25. The summed E-state index contributed by atoms with van der Waals surface area (Å²) in [6.07, 6.45) is 2.46. The summed E-state index contributed by atoms with van der Waals surface area (Å²) in [7, 11) is 8.05. The first-order valence-corrected chi connectivity index (χ1v) is 12.7. The van der Waals surface area contributed by atoms with E-state index < -0.39 is 0 Å². The minimum atomic E-state index is -0.203. The number of hydrogen-bond acceptors (Lipinski definition) is 7. The van der Waals surface area contributed by atoms with Gasteiger partial charge >= 0.3 is 0 Å². The molecule has 0 aliphatic carbocycles. The second-order valence-corrected chi connectivity index (χ2v) is 9.55. The number of methoxy groups -OCH3 is 4. The standard InChI is InChI=1S/C29H30N2O6S/c1-31-21-17-20(28(32)30-13-12-18-6-9-22(34-2)24(14-18)36-4)8-11-26(21)38-27(29(31)33)16-19-7-10-23(35-3)25(15-19)37-5/h6-11,14-17H,12-13H2,1-5H3,(H,30,32). The molecule has 9 heteroatoms. The van der Waals surface area contributed by atoms with Gasteiger partial charge in [-0.05, 0) is 66.1 Å². The van der Waals surface area contributed by atoms with Crippen LogP contribution in [0.25, 0.3) is 6.08 Å². The number of benzene rings is 3. The van der Waals surface area contributed by atoms with Crippen LogP contribution in [0.1, 0.15) is 21.5 Å². The molecule has 198 valence electrons. The van der Waals surface area contributed by atoms with E-state index in [-0.39, 0.29) is 11.8 Å². The van der Waals surface area contributed by atoms with Crippen LogP contribution in [0.15, 0.2) is 64.4 Å². The lowest BCUT2D eigenvalue weighted by Crippen LogP contribution is -2.31. The van der Waals surface area contributed by atoms with Crippen LogP contribution in [0, 0.1) is 0 Å². The molecule has 0 bridgehead atoms. The van der Waals surface area contributed by atoms with Gasteiger partial charge in [0.1, 0.15) is 0 Å². The van der Waals surface area contributed by atoms with E-state index in [1.807, 2.05) is 42.5 Å². The first-order valence-electron chi connectivity index (χ1n) is 11.9. The Labute approximate surface area is 226 Å². The topological polar surface area (TPSA) is 86.3 Å². The van der Waals surface area contributed by atoms with Crippen LogP contribution >= 0.6 is 11.8 Å². The minimum Gasteiger partial charge on any atom is -0.493 e. The van der Waals surface area contributed by atoms with Crippen molar-refractivity contribution in [3.63, 3.8) is 0 Å². The number of carbonyl (C=O) groups is 2. The highest BCUT2D eigenvalue weighted by Gasteiger charge is 2.27. The highest BCUT2D eigenvalue weighted by atomic mass is 32.2. The average molecular weight is 535 g/mol. The Hall–Kier alpha value is -4.11. The summed E-state index contributed by atoms with van der Waals surface area (Å²) in [5.41, 5.74) is 3.02. The summed E-state index contributed by atoms with van der Waals surface area (Å²) >= 11 is 1.37. The van der Waals surface area contributed by atoms with Crippen molar-refractivity contribution in [3.05, 3.63) is 76.2 Å². The van der Waals surface area contributed by atoms with Crippen molar-refractivity contribution in [1.29, 1.82) is 0 Å². The summed E-state index contributed by atoms with van der Waals surface area (Å²) in [5.74, 6) is 2.16. The number of likely N-dealkylation sites (N-methyl/N-ethyl adjacent to an activating group) is 1. The average Bonchev–Trinajstić information content (AvgIpc) is 2.95. The SMILES string of the molecule is COc1ccc(C=C2Sc3ccc(C(=O)NCCc4ccc(OC)c(OC)c4)cc3N(C)C2=O)cc1OC. The zero-order valence-electron chi connectivity index (χ0n) is 22.0. The molecule has 3 aromatic rings. The van der Waals surface area contributed by atoms with Crippen molar-refractivity contribution in [2.24, 2.45) is 0 Å². The van der Waals surface area contributed by atoms with Gasteiger partial charge in [-0.1, -0.05) is 23.9 Å². The molecule has 0 atom stereocenters. The van der Waals surface area contributed by atoms with Crippen molar-refractivity contribution in [2.75, 3.05) is 46.9 Å². The summed E-state index contributed by atoms with van der Waals surface area (Å²) in [6.45, 7) is 0.452. The Balaban J connectivity index is 1.45. The highest BCUT2D eigenvalue weighted by Crippen LogP contribution is 2.42. The van der Waals surface area contributed by atoms with Gasteiger partial charge in [0.15, 0.2) is 23.0 Å². The molecule has 1 heterocycles. The predicted molar refractivity (Wildman–Crippen MR) is 149 cm³/mol. The maximum Gasteiger partial charge on any atom is 0.264 e. The molecule has 1 N–H and O–H groups in total. The normalized spacial score (nSPS) is 13.7. The van der Waals surface area contributed by atoms with E-state index >= 15 is 0 Å². The first-order chi connectivity index (χ1) is 18.4. The van der Waals surface area contributed by atoms with E-state index in [0.29, 0.717) is 52.1 Å². The number of ether oxygens (including phenoxy) is 4. The molecule has 1 aliphatic heterocycles. The Kier molecular flexibility index (Phi) is 8.48. The van der Waals surface area contributed by atoms with Gasteiger partial charge in [-0.15, -0.1) is 0 Å². The van der Waals surface area contributed by atoms with Crippen LogP contribution in [-0.4, -0.2) is 53.8 Å². The van der Waals surface area contributed by atoms with E-state index in [4.69, 9.17) is 18.9 Å². The Bertz CT molecular complexity index is 1390. The second kappa shape index (κ2) is 12.0. The van der Waals surface area contributed by atoms with E-state index in [9.17, 15) is 9.59 Å². The zero-order chi connectivity index (χ0) is 27.2. The van der Waals surface area contributed by atoms with Gasteiger partial charge in [0, 0.05) is 24.1 Å². The molecule has 8 nitrogen and oxygen atoms in total. The molecular weight excluding hydrogens is 504 g/mol. The second-order valence-electron chi connectivity index (χ2n) is 8.47. The number of thioether (sulfide) groups is 1. The largest absolute Gasteiger partial charge is 0.493 e. The number of anilines is 1. The van der Waals surface area contributed by atoms with Gasteiger partial charge in [0.25, 0.3) is 11.8 Å². The number of fused-ring (bicyclic) bond motifs is 1. The van der Waals surface area contributed by atoms with E-state index in [1.54, 1.807) is 58.6 Å². The van der Waals surface area contributed by atoms with Crippen molar-refractivity contribution >= 4 is 35.3 Å². The monoisotopic (exact) mass is 534 g/mol. The number of nitrogens with one attached hydrogen (secondary N) is 1. The Morgan fingerprint density at radius 3 is 2.21 bits per heavy atom. The van der Waals surface area contributed by atoms with Crippen LogP contribution in [-0.2, 0) is 11.2 Å². The van der Waals surface area contributed by atoms with E-state index in [1.165, 1.54) is 11.8 Å². The summed E-state index contributed by atoms with van der Waals surface area (Å²) < 4.78 is 21.3.